The third-order valence-corrected chi connectivity index (χ3v) is 4.75. The molecule has 3 aliphatic heterocycles. The predicted molar refractivity (Wildman–Crippen MR) is 71.9 cm³/mol. The Bertz CT molecular complexity index is 474. The monoisotopic (exact) mass is 335 g/mol. The molecule has 0 radical (unpaired) electrons. The fourth-order valence-corrected chi connectivity index (χ4v) is 3.47. The van der Waals surface area contributed by atoms with Gasteiger partial charge >= 0.3 is 0 Å². The van der Waals surface area contributed by atoms with Crippen LogP contribution in [-0.2, 0) is 9.47 Å². The molecule has 0 spiro atoms. The van der Waals surface area contributed by atoms with Gasteiger partial charge in [0.05, 0.1) is 37.0 Å². The van der Waals surface area contributed by atoms with Crippen molar-refractivity contribution in [2.75, 3.05) is 13.2 Å². The highest BCUT2D eigenvalue weighted by atomic mass is 16.7. The molecule has 3 heterocycles. The molecule has 3 rings (SSSR count). The van der Waals surface area contributed by atoms with Gasteiger partial charge in [0.15, 0.2) is 5.76 Å². The summed E-state index contributed by atoms with van der Waals surface area (Å²) in [5, 5.41) is 68.2. The normalized spacial score (nSPS) is 50.5. The summed E-state index contributed by atoms with van der Waals surface area (Å²) in [6.07, 6.45) is -8.08. The third-order valence-electron chi connectivity index (χ3n) is 4.75. The van der Waals surface area contributed by atoms with Crippen molar-refractivity contribution in [3.63, 3.8) is 0 Å². The molecule has 0 bridgehead atoms. The van der Waals surface area contributed by atoms with Crippen molar-refractivity contribution < 1.29 is 45.2 Å². The molecule has 2 saturated heterocycles. The maximum absolute atomic E-state index is 10.3. The Morgan fingerprint density at radius 2 is 1.78 bits per heavy atom. The van der Waals surface area contributed by atoms with Crippen LogP contribution < -0.4 is 0 Å². The lowest BCUT2D eigenvalue weighted by Crippen LogP contribution is -2.49. The average Bonchev–Trinajstić information content (AvgIpc) is 2.96. The Labute approximate surface area is 131 Å². The van der Waals surface area contributed by atoms with Gasteiger partial charge in [-0.1, -0.05) is 0 Å². The molecule has 0 aromatic heterocycles. The molecule has 0 saturated carbocycles. The van der Waals surface area contributed by atoms with Gasteiger partial charge < -0.3 is 45.2 Å². The Morgan fingerprint density at radius 1 is 1.09 bits per heavy atom. The standard InChI is InChI=1S/C13H21NO9/c15-2-4-8(17)11(20)7-10(19)6(1-14(4)7)23-13-12(21)9(18)5(16)3-22-13/h3-4,6-13,15-21H,1-2H2/t4-,6+,7+,8+,9?,10-,11+,12?,13+/m0/s1. The van der Waals surface area contributed by atoms with Crippen LogP contribution in [0.5, 0.6) is 0 Å². The van der Waals surface area contributed by atoms with E-state index < -0.39 is 67.4 Å². The van der Waals surface area contributed by atoms with Crippen molar-refractivity contribution in [1.29, 1.82) is 0 Å². The van der Waals surface area contributed by atoms with E-state index in [1.54, 1.807) is 4.90 Å². The van der Waals surface area contributed by atoms with Crippen LogP contribution in [-0.4, -0.2) is 109 Å². The predicted octanol–water partition coefficient (Wildman–Crippen LogP) is -4.01. The van der Waals surface area contributed by atoms with Crippen LogP contribution in [0.25, 0.3) is 0 Å². The summed E-state index contributed by atoms with van der Waals surface area (Å²) >= 11 is 0. The number of nitrogens with zero attached hydrogens (tertiary/aromatic N) is 1. The Kier molecular flexibility index (Phi) is 4.51. The second kappa shape index (κ2) is 6.15. The number of aliphatic hydroxyl groups is 7. The summed E-state index contributed by atoms with van der Waals surface area (Å²) in [5.74, 6) is -0.538. The van der Waals surface area contributed by atoms with E-state index in [2.05, 4.69) is 0 Å². The molecule has 7 N–H and O–H groups in total. The lowest BCUT2D eigenvalue weighted by Gasteiger charge is -2.32. The molecule has 132 valence electrons. The van der Waals surface area contributed by atoms with Crippen molar-refractivity contribution in [2.24, 2.45) is 0 Å². The quantitative estimate of drug-likeness (QED) is 0.270. The van der Waals surface area contributed by atoms with Gasteiger partial charge in [-0.05, 0) is 0 Å². The molecule has 0 aliphatic carbocycles. The molecule has 0 aromatic rings. The fourth-order valence-electron chi connectivity index (χ4n) is 3.47. The van der Waals surface area contributed by atoms with Crippen LogP contribution in [0, 0.1) is 0 Å². The minimum atomic E-state index is -1.57. The van der Waals surface area contributed by atoms with Crippen LogP contribution in [0.3, 0.4) is 0 Å². The SMILES string of the molecule is OC[C@H]1[C@@H](O)[C@H](O)[C@H]2[C@@H](O)[C@H](O[C@H]3OC=C(O)C(O)C3O)CN21. The number of rotatable bonds is 3. The van der Waals surface area contributed by atoms with Crippen molar-refractivity contribution >= 4 is 0 Å². The molecule has 0 amide bonds. The molecule has 2 fully saturated rings. The number of aliphatic hydroxyl groups excluding tert-OH is 7. The minimum absolute atomic E-state index is 0.0869. The van der Waals surface area contributed by atoms with Gasteiger partial charge in [-0.2, -0.15) is 0 Å². The minimum Gasteiger partial charge on any atom is -0.506 e. The fraction of sp³-hybridized carbons (Fsp3) is 0.846. The zero-order valence-electron chi connectivity index (χ0n) is 12.1. The lowest BCUT2D eigenvalue weighted by atomic mass is 10.0. The Hall–Kier alpha value is -0.980. The highest BCUT2D eigenvalue weighted by Gasteiger charge is 2.57. The van der Waals surface area contributed by atoms with Crippen LogP contribution in [0.2, 0.25) is 0 Å². The second-order valence-electron chi connectivity index (χ2n) is 6.07. The van der Waals surface area contributed by atoms with Gasteiger partial charge in [0, 0.05) is 6.54 Å². The van der Waals surface area contributed by atoms with E-state index in [0.29, 0.717) is 0 Å². The second-order valence-corrected chi connectivity index (χ2v) is 6.07. The summed E-state index contributed by atoms with van der Waals surface area (Å²) < 4.78 is 10.4. The molecule has 9 atom stereocenters. The zero-order valence-corrected chi connectivity index (χ0v) is 12.1. The van der Waals surface area contributed by atoms with E-state index in [4.69, 9.17) is 9.47 Å². The summed E-state index contributed by atoms with van der Waals surface area (Å²) in [5.41, 5.74) is 0. The molecular weight excluding hydrogens is 314 g/mol. The molecule has 10 heteroatoms. The summed E-state index contributed by atoms with van der Waals surface area (Å²) in [4.78, 5) is 1.55. The topological polar surface area (TPSA) is 163 Å². The van der Waals surface area contributed by atoms with Crippen molar-refractivity contribution in [1.82, 2.24) is 4.90 Å². The first-order valence-corrected chi connectivity index (χ1v) is 7.33. The van der Waals surface area contributed by atoms with E-state index in [-0.39, 0.29) is 6.54 Å². The first-order valence-electron chi connectivity index (χ1n) is 7.33. The first kappa shape index (κ1) is 16.9. The summed E-state index contributed by atoms with van der Waals surface area (Å²) in [7, 11) is 0. The van der Waals surface area contributed by atoms with Gasteiger partial charge in [-0.3, -0.25) is 4.90 Å². The van der Waals surface area contributed by atoms with E-state index >= 15 is 0 Å². The zero-order chi connectivity index (χ0) is 16.9. The van der Waals surface area contributed by atoms with Gasteiger partial charge in [-0.15, -0.1) is 0 Å². The van der Waals surface area contributed by atoms with E-state index in [9.17, 15) is 35.7 Å². The van der Waals surface area contributed by atoms with Gasteiger partial charge in [0.25, 0.3) is 0 Å². The van der Waals surface area contributed by atoms with E-state index in [1.807, 2.05) is 0 Å². The lowest BCUT2D eigenvalue weighted by molar-refractivity contribution is -0.233. The van der Waals surface area contributed by atoms with Gasteiger partial charge in [-0.25, -0.2) is 0 Å². The summed E-state index contributed by atoms with van der Waals surface area (Å²) in [6.45, 7) is -0.310. The number of ether oxygens (including phenoxy) is 2. The smallest absolute Gasteiger partial charge is 0.228 e. The molecule has 3 aliphatic rings. The highest BCUT2D eigenvalue weighted by Crippen LogP contribution is 2.35. The number of hydrogen-bond donors (Lipinski definition) is 7. The maximum atomic E-state index is 10.3. The largest absolute Gasteiger partial charge is 0.506 e. The number of hydrogen-bond acceptors (Lipinski definition) is 10. The van der Waals surface area contributed by atoms with Crippen LogP contribution in [0.4, 0.5) is 0 Å². The Morgan fingerprint density at radius 3 is 2.43 bits per heavy atom. The highest BCUT2D eigenvalue weighted by molar-refractivity contribution is 5.11. The van der Waals surface area contributed by atoms with Gasteiger partial charge in [0.2, 0.25) is 6.29 Å². The van der Waals surface area contributed by atoms with Gasteiger partial charge in [0.1, 0.15) is 24.6 Å². The van der Waals surface area contributed by atoms with Crippen molar-refractivity contribution in [3.8, 4) is 0 Å². The van der Waals surface area contributed by atoms with Crippen LogP contribution in [0.1, 0.15) is 0 Å². The van der Waals surface area contributed by atoms with Crippen LogP contribution in [0.15, 0.2) is 12.0 Å². The molecule has 2 unspecified atom stereocenters. The average molecular weight is 335 g/mol. The molecule has 0 aromatic carbocycles. The maximum Gasteiger partial charge on any atom is 0.228 e. The van der Waals surface area contributed by atoms with Crippen LogP contribution >= 0.6 is 0 Å². The first-order chi connectivity index (χ1) is 10.9. The molecular formula is C13H21NO9. The van der Waals surface area contributed by atoms with E-state index in [0.717, 1.165) is 6.26 Å². The summed E-state index contributed by atoms with van der Waals surface area (Å²) in [6, 6.07) is -1.55. The molecule has 10 nitrogen and oxygen atoms in total. The van der Waals surface area contributed by atoms with Crippen molar-refractivity contribution in [2.45, 2.75) is 55.0 Å². The Balaban J connectivity index is 1.70. The van der Waals surface area contributed by atoms with Crippen molar-refractivity contribution in [3.05, 3.63) is 12.0 Å². The number of fused-ring (bicyclic) bond motifs is 1. The third kappa shape index (κ3) is 2.61. The van der Waals surface area contributed by atoms with E-state index in [1.165, 1.54) is 0 Å². The molecule has 23 heavy (non-hydrogen) atoms.